The zero-order chi connectivity index (χ0) is 8.43. The fourth-order valence-corrected chi connectivity index (χ4v) is 0.930. The second-order valence-electron chi connectivity index (χ2n) is 1.89. The average Bonchev–Trinajstić information content (AvgIpc) is 1.85. The van der Waals surface area contributed by atoms with Crippen LogP contribution in [0.3, 0.4) is 0 Å². The van der Waals surface area contributed by atoms with E-state index in [0.29, 0.717) is 0 Å². The third kappa shape index (κ3) is 1.68. The Hall–Kier alpha value is -1.10. The molecule has 0 aromatic heterocycles. The summed E-state index contributed by atoms with van der Waals surface area (Å²) in [7, 11) is 0. The molecular formula is C6H4FNO2S. The van der Waals surface area contributed by atoms with E-state index in [2.05, 4.69) is 12.6 Å². The highest BCUT2D eigenvalue weighted by Gasteiger charge is 2.10. The highest BCUT2D eigenvalue weighted by molar-refractivity contribution is 7.80. The van der Waals surface area contributed by atoms with Gasteiger partial charge >= 0.3 is 0 Å². The maximum Gasteiger partial charge on any atom is 0.282 e. The Labute approximate surface area is 67.4 Å². The van der Waals surface area contributed by atoms with Crippen molar-refractivity contribution in [2.75, 3.05) is 0 Å². The molecule has 1 aromatic rings. The summed E-state index contributed by atoms with van der Waals surface area (Å²) in [6.45, 7) is 0. The molecule has 1 aromatic carbocycles. The van der Waals surface area contributed by atoms with Crippen LogP contribution in [0, 0.1) is 15.9 Å². The van der Waals surface area contributed by atoms with Crippen LogP contribution in [0.2, 0.25) is 0 Å². The van der Waals surface area contributed by atoms with E-state index in [-0.39, 0.29) is 10.6 Å². The predicted molar refractivity (Wildman–Crippen MR) is 40.3 cm³/mol. The van der Waals surface area contributed by atoms with Crippen LogP contribution in [0.4, 0.5) is 10.1 Å². The van der Waals surface area contributed by atoms with Crippen LogP contribution in [-0.2, 0) is 0 Å². The predicted octanol–water partition coefficient (Wildman–Crippen LogP) is 2.02. The molecule has 0 spiro atoms. The molecule has 0 bridgehead atoms. The van der Waals surface area contributed by atoms with Gasteiger partial charge in [0.2, 0.25) is 0 Å². The molecule has 0 aliphatic heterocycles. The highest BCUT2D eigenvalue weighted by Crippen LogP contribution is 2.22. The SMILES string of the molecule is O=[N+]([O-])c1ccc(F)cc1S. The average molecular weight is 173 g/mol. The van der Waals surface area contributed by atoms with Crippen molar-refractivity contribution in [1.29, 1.82) is 0 Å². The minimum absolute atomic E-state index is 0.0370. The van der Waals surface area contributed by atoms with E-state index in [1.807, 2.05) is 0 Å². The molecule has 0 aliphatic rings. The van der Waals surface area contributed by atoms with Gasteiger partial charge in [0.1, 0.15) is 5.82 Å². The second kappa shape index (κ2) is 2.87. The van der Waals surface area contributed by atoms with Gasteiger partial charge in [-0.05, 0) is 12.1 Å². The summed E-state index contributed by atoms with van der Waals surface area (Å²) in [5.41, 5.74) is -0.185. The van der Waals surface area contributed by atoms with Gasteiger partial charge in [0.15, 0.2) is 0 Å². The molecule has 0 saturated carbocycles. The molecule has 0 unspecified atom stereocenters. The number of rotatable bonds is 1. The number of hydrogen-bond donors (Lipinski definition) is 1. The highest BCUT2D eigenvalue weighted by atomic mass is 32.1. The van der Waals surface area contributed by atoms with Crippen LogP contribution in [0.1, 0.15) is 0 Å². The molecule has 0 aliphatic carbocycles. The van der Waals surface area contributed by atoms with Gasteiger partial charge in [-0.3, -0.25) is 10.1 Å². The Balaban J connectivity index is 3.20. The number of nitro groups is 1. The molecule has 1 rings (SSSR count). The normalized spacial score (nSPS) is 9.64. The van der Waals surface area contributed by atoms with Crippen molar-refractivity contribution in [3.05, 3.63) is 34.1 Å². The van der Waals surface area contributed by atoms with Crippen LogP contribution < -0.4 is 0 Å². The second-order valence-corrected chi connectivity index (χ2v) is 2.37. The third-order valence-corrected chi connectivity index (χ3v) is 1.49. The molecule has 0 N–H and O–H groups in total. The van der Waals surface area contributed by atoms with Gasteiger partial charge in [-0.2, -0.15) is 0 Å². The van der Waals surface area contributed by atoms with E-state index < -0.39 is 10.7 Å². The number of hydrogen-bond acceptors (Lipinski definition) is 3. The molecular weight excluding hydrogens is 169 g/mol. The quantitative estimate of drug-likeness (QED) is 0.401. The van der Waals surface area contributed by atoms with Gasteiger partial charge in [0.25, 0.3) is 5.69 Å². The van der Waals surface area contributed by atoms with Crippen LogP contribution in [0.25, 0.3) is 0 Å². The molecule has 58 valence electrons. The number of benzene rings is 1. The van der Waals surface area contributed by atoms with Crippen molar-refractivity contribution in [1.82, 2.24) is 0 Å². The van der Waals surface area contributed by atoms with E-state index in [4.69, 9.17) is 0 Å². The van der Waals surface area contributed by atoms with Gasteiger partial charge in [-0.1, -0.05) is 0 Å². The Kier molecular flexibility index (Phi) is 2.09. The summed E-state index contributed by atoms with van der Waals surface area (Å²) in [4.78, 5) is 9.59. The lowest BCUT2D eigenvalue weighted by atomic mass is 10.3. The Morgan fingerprint density at radius 3 is 2.64 bits per heavy atom. The Bertz CT molecular complexity index is 303. The largest absolute Gasteiger partial charge is 0.282 e. The summed E-state index contributed by atoms with van der Waals surface area (Å²) >= 11 is 3.73. The first kappa shape index (κ1) is 8.00. The minimum atomic E-state index is -0.609. The minimum Gasteiger partial charge on any atom is -0.258 e. The molecule has 5 heteroatoms. The summed E-state index contributed by atoms with van der Waals surface area (Å²) in [6.07, 6.45) is 0. The van der Waals surface area contributed by atoms with Gasteiger partial charge in [-0.25, -0.2) is 4.39 Å². The summed E-state index contributed by atoms with van der Waals surface area (Å²) in [5.74, 6) is -0.527. The van der Waals surface area contributed by atoms with Crippen molar-refractivity contribution in [3.63, 3.8) is 0 Å². The summed E-state index contributed by atoms with van der Waals surface area (Å²) in [5, 5.41) is 10.2. The van der Waals surface area contributed by atoms with Crippen molar-refractivity contribution in [2.24, 2.45) is 0 Å². The first-order valence-electron chi connectivity index (χ1n) is 2.74. The summed E-state index contributed by atoms with van der Waals surface area (Å²) < 4.78 is 12.3. The fourth-order valence-electron chi connectivity index (χ4n) is 0.651. The van der Waals surface area contributed by atoms with Crippen LogP contribution >= 0.6 is 12.6 Å². The fraction of sp³-hybridized carbons (Fsp3) is 0. The number of nitrogens with zero attached hydrogens (tertiary/aromatic N) is 1. The van der Waals surface area contributed by atoms with Crippen molar-refractivity contribution < 1.29 is 9.31 Å². The number of nitro benzene ring substituents is 1. The first-order valence-corrected chi connectivity index (χ1v) is 3.19. The van der Waals surface area contributed by atoms with Crippen molar-refractivity contribution in [3.8, 4) is 0 Å². The van der Waals surface area contributed by atoms with Gasteiger partial charge < -0.3 is 0 Å². The maximum atomic E-state index is 12.3. The smallest absolute Gasteiger partial charge is 0.258 e. The molecule has 0 heterocycles. The number of halogens is 1. The lowest BCUT2D eigenvalue weighted by molar-refractivity contribution is -0.387. The van der Waals surface area contributed by atoms with Crippen molar-refractivity contribution >= 4 is 18.3 Å². The molecule has 0 amide bonds. The first-order chi connectivity index (χ1) is 5.11. The molecule has 0 radical (unpaired) electrons. The topological polar surface area (TPSA) is 43.1 Å². The molecule has 11 heavy (non-hydrogen) atoms. The van der Waals surface area contributed by atoms with E-state index in [1.54, 1.807) is 0 Å². The van der Waals surface area contributed by atoms with Gasteiger partial charge in [0, 0.05) is 6.07 Å². The zero-order valence-corrected chi connectivity index (χ0v) is 6.22. The van der Waals surface area contributed by atoms with E-state index >= 15 is 0 Å². The van der Waals surface area contributed by atoms with Gasteiger partial charge in [-0.15, -0.1) is 12.6 Å². The summed E-state index contributed by atoms with van der Waals surface area (Å²) in [6, 6.07) is 3.11. The van der Waals surface area contributed by atoms with Gasteiger partial charge in [0.05, 0.1) is 9.82 Å². The van der Waals surface area contributed by atoms with E-state index in [9.17, 15) is 14.5 Å². The molecule has 3 nitrogen and oxygen atoms in total. The lowest BCUT2D eigenvalue weighted by Crippen LogP contribution is -1.89. The van der Waals surface area contributed by atoms with Crippen LogP contribution in [-0.4, -0.2) is 4.92 Å². The van der Waals surface area contributed by atoms with Crippen LogP contribution in [0.15, 0.2) is 23.1 Å². The zero-order valence-electron chi connectivity index (χ0n) is 5.32. The molecule has 0 fully saturated rings. The standard InChI is InChI=1S/C6H4FNO2S/c7-4-1-2-5(8(9)10)6(11)3-4/h1-3,11H. The van der Waals surface area contributed by atoms with Crippen LogP contribution in [0.5, 0.6) is 0 Å². The molecule has 0 saturated heterocycles. The Morgan fingerprint density at radius 2 is 2.18 bits per heavy atom. The Morgan fingerprint density at radius 1 is 1.55 bits per heavy atom. The number of thiol groups is 1. The van der Waals surface area contributed by atoms with E-state index in [1.165, 1.54) is 0 Å². The van der Waals surface area contributed by atoms with Crippen molar-refractivity contribution in [2.45, 2.75) is 4.90 Å². The lowest BCUT2D eigenvalue weighted by Gasteiger charge is -1.93. The molecule has 0 atom stereocenters. The maximum absolute atomic E-state index is 12.3. The monoisotopic (exact) mass is 173 g/mol. The third-order valence-electron chi connectivity index (χ3n) is 1.13. The van der Waals surface area contributed by atoms with E-state index in [0.717, 1.165) is 18.2 Å².